The van der Waals surface area contributed by atoms with E-state index in [1.54, 1.807) is 6.07 Å². The molecule has 0 aromatic heterocycles. The second kappa shape index (κ2) is 6.41. The summed E-state index contributed by atoms with van der Waals surface area (Å²) in [6, 6.07) is 7.32. The summed E-state index contributed by atoms with van der Waals surface area (Å²) in [4.78, 5) is 23.4. The SMILES string of the molecule is CC(C)CC(=O)NCCC1Oc2ccccc2NC1=O. The van der Waals surface area contributed by atoms with Crippen molar-refractivity contribution in [3.05, 3.63) is 24.3 Å². The van der Waals surface area contributed by atoms with E-state index in [-0.39, 0.29) is 11.8 Å². The van der Waals surface area contributed by atoms with Crippen LogP contribution in [0.1, 0.15) is 26.7 Å². The van der Waals surface area contributed by atoms with Gasteiger partial charge in [-0.05, 0) is 18.1 Å². The number of carbonyl (C=O) groups is 2. The summed E-state index contributed by atoms with van der Waals surface area (Å²) < 4.78 is 5.64. The Morgan fingerprint density at radius 1 is 1.40 bits per heavy atom. The van der Waals surface area contributed by atoms with E-state index in [1.807, 2.05) is 32.0 Å². The standard InChI is InChI=1S/C15H20N2O3/c1-10(2)9-14(18)16-8-7-13-15(19)17-11-5-3-4-6-12(11)20-13/h3-6,10,13H,7-9H2,1-2H3,(H,16,18)(H,17,19). The van der Waals surface area contributed by atoms with E-state index in [0.717, 1.165) is 0 Å². The third kappa shape index (κ3) is 3.73. The van der Waals surface area contributed by atoms with Gasteiger partial charge in [0.15, 0.2) is 6.10 Å². The molecule has 108 valence electrons. The Labute approximate surface area is 118 Å². The zero-order chi connectivity index (χ0) is 14.5. The fraction of sp³-hybridized carbons (Fsp3) is 0.467. The van der Waals surface area contributed by atoms with Crippen molar-refractivity contribution in [2.75, 3.05) is 11.9 Å². The number of nitrogens with one attached hydrogen (secondary N) is 2. The van der Waals surface area contributed by atoms with Crippen LogP contribution >= 0.6 is 0 Å². The monoisotopic (exact) mass is 276 g/mol. The van der Waals surface area contributed by atoms with E-state index in [4.69, 9.17) is 4.74 Å². The Bertz CT molecular complexity index is 500. The van der Waals surface area contributed by atoms with Crippen LogP contribution in [0, 0.1) is 5.92 Å². The van der Waals surface area contributed by atoms with Gasteiger partial charge >= 0.3 is 0 Å². The molecule has 1 aromatic rings. The molecule has 1 heterocycles. The lowest BCUT2D eigenvalue weighted by atomic mass is 10.1. The fourth-order valence-electron chi connectivity index (χ4n) is 2.07. The third-order valence-electron chi connectivity index (χ3n) is 3.03. The average molecular weight is 276 g/mol. The first kappa shape index (κ1) is 14.4. The number of fused-ring (bicyclic) bond motifs is 1. The molecule has 5 nitrogen and oxygen atoms in total. The lowest BCUT2D eigenvalue weighted by Gasteiger charge is -2.25. The highest BCUT2D eigenvalue weighted by Gasteiger charge is 2.26. The van der Waals surface area contributed by atoms with E-state index in [2.05, 4.69) is 10.6 Å². The van der Waals surface area contributed by atoms with Gasteiger partial charge in [-0.15, -0.1) is 0 Å². The number of ether oxygens (including phenoxy) is 1. The molecule has 0 bridgehead atoms. The van der Waals surface area contributed by atoms with Crippen molar-refractivity contribution >= 4 is 17.5 Å². The number of carbonyl (C=O) groups excluding carboxylic acids is 2. The van der Waals surface area contributed by atoms with Crippen molar-refractivity contribution < 1.29 is 14.3 Å². The number of hydrogen-bond donors (Lipinski definition) is 2. The minimum atomic E-state index is -0.552. The molecule has 0 radical (unpaired) electrons. The van der Waals surface area contributed by atoms with E-state index >= 15 is 0 Å². The highest BCUT2D eigenvalue weighted by Crippen LogP contribution is 2.29. The fourth-order valence-corrected chi connectivity index (χ4v) is 2.07. The van der Waals surface area contributed by atoms with Crippen LogP contribution in [0.4, 0.5) is 5.69 Å². The van der Waals surface area contributed by atoms with Crippen LogP contribution in [0.2, 0.25) is 0 Å². The Morgan fingerprint density at radius 3 is 2.90 bits per heavy atom. The highest BCUT2D eigenvalue weighted by atomic mass is 16.5. The van der Waals surface area contributed by atoms with Crippen molar-refractivity contribution in [3.63, 3.8) is 0 Å². The van der Waals surface area contributed by atoms with Crippen molar-refractivity contribution in [2.24, 2.45) is 5.92 Å². The van der Waals surface area contributed by atoms with Crippen LogP contribution in [0.5, 0.6) is 5.75 Å². The van der Waals surface area contributed by atoms with Crippen LogP contribution in [-0.4, -0.2) is 24.5 Å². The van der Waals surface area contributed by atoms with Gasteiger partial charge in [-0.1, -0.05) is 26.0 Å². The molecule has 2 rings (SSSR count). The van der Waals surface area contributed by atoms with Gasteiger partial charge in [0.1, 0.15) is 5.75 Å². The van der Waals surface area contributed by atoms with Crippen LogP contribution < -0.4 is 15.4 Å². The number of anilines is 1. The van der Waals surface area contributed by atoms with Crippen molar-refractivity contribution in [1.82, 2.24) is 5.32 Å². The third-order valence-corrected chi connectivity index (χ3v) is 3.03. The lowest BCUT2D eigenvalue weighted by Crippen LogP contribution is -2.39. The molecule has 2 amide bonds. The highest BCUT2D eigenvalue weighted by molar-refractivity contribution is 5.97. The summed E-state index contributed by atoms with van der Waals surface area (Å²) >= 11 is 0. The van der Waals surface area contributed by atoms with Gasteiger partial charge in [0.2, 0.25) is 5.91 Å². The minimum absolute atomic E-state index is 0.0108. The molecular weight excluding hydrogens is 256 g/mol. The predicted octanol–water partition coefficient (Wildman–Crippen LogP) is 1.94. The number of para-hydroxylation sites is 2. The molecule has 0 saturated heterocycles. The quantitative estimate of drug-likeness (QED) is 0.863. The van der Waals surface area contributed by atoms with Gasteiger partial charge in [-0.25, -0.2) is 0 Å². The molecule has 0 saturated carbocycles. The maximum atomic E-state index is 11.9. The van der Waals surface area contributed by atoms with Crippen molar-refractivity contribution in [3.8, 4) is 5.75 Å². The summed E-state index contributed by atoms with van der Waals surface area (Å²) in [5, 5.41) is 5.61. The van der Waals surface area contributed by atoms with E-state index < -0.39 is 6.10 Å². The van der Waals surface area contributed by atoms with Gasteiger partial charge < -0.3 is 15.4 Å². The smallest absolute Gasteiger partial charge is 0.265 e. The van der Waals surface area contributed by atoms with E-state index in [0.29, 0.717) is 36.7 Å². The Kier molecular flexibility index (Phi) is 4.61. The molecule has 0 aliphatic carbocycles. The van der Waals surface area contributed by atoms with Gasteiger partial charge in [0.05, 0.1) is 5.69 Å². The average Bonchev–Trinajstić information content (AvgIpc) is 2.38. The molecular formula is C15H20N2O3. The zero-order valence-corrected chi connectivity index (χ0v) is 11.8. The molecule has 5 heteroatoms. The van der Waals surface area contributed by atoms with E-state index in [1.165, 1.54) is 0 Å². The predicted molar refractivity (Wildman–Crippen MR) is 76.6 cm³/mol. The Morgan fingerprint density at radius 2 is 2.15 bits per heavy atom. The number of rotatable bonds is 5. The molecule has 1 aliphatic rings. The summed E-state index contributed by atoms with van der Waals surface area (Å²) in [6.45, 7) is 4.42. The molecule has 1 aliphatic heterocycles. The zero-order valence-electron chi connectivity index (χ0n) is 11.8. The summed E-state index contributed by atoms with van der Waals surface area (Å²) in [7, 11) is 0. The van der Waals surface area contributed by atoms with E-state index in [9.17, 15) is 9.59 Å². The maximum absolute atomic E-state index is 11.9. The maximum Gasteiger partial charge on any atom is 0.265 e. The molecule has 1 unspecified atom stereocenters. The minimum Gasteiger partial charge on any atom is -0.478 e. The van der Waals surface area contributed by atoms with Crippen LogP contribution in [0.15, 0.2) is 24.3 Å². The normalized spacial score (nSPS) is 17.1. The molecule has 1 aromatic carbocycles. The van der Waals surface area contributed by atoms with Crippen LogP contribution in [-0.2, 0) is 9.59 Å². The summed E-state index contributed by atoms with van der Waals surface area (Å²) in [5.74, 6) is 0.847. The first-order chi connectivity index (χ1) is 9.56. The molecule has 0 spiro atoms. The van der Waals surface area contributed by atoms with Crippen molar-refractivity contribution in [2.45, 2.75) is 32.8 Å². The lowest BCUT2D eigenvalue weighted by molar-refractivity contribution is -0.125. The number of benzene rings is 1. The summed E-state index contributed by atoms with van der Waals surface area (Å²) in [5.41, 5.74) is 0.692. The van der Waals surface area contributed by atoms with Gasteiger partial charge in [0.25, 0.3) is 5.91 Å². The summed E-state index contributed by atoms with van der Waals surface area (Å²) in [6.07, 6.45) is 0.411. The van der Waals surface area contributed by atoms with Gasteiger partial charge in [-0.3, -0.25) is 9.59 Å². The van der Waals surface area contributed by atoms with Crippen molar-refractivity contribution in [1.29, 1.82) is 0 Å². The largest absolute Gasteiger partial charge is 0.478 e. The van der Waals surface area contributed by atoms with Crippen LogP contribution in [0.25, 0.3) is 0 Å². The number of hydrogen-bond acceptors (Lipinski definition) is 3. The van der Waals surface area contributed by atoms with Crippen LogP contribution in [0.3, 0.4) is 0 Å². The Hall–Kier alpha value is -2.04. The molecule has 1 atom stereocenters. The Balaban J connectivity index is 1.83. The second-order valence-corrected chi connectivity index (χ2v) is 5.33. The first-order valence-corrected chi connectivity index (χ1v) is 6.89. The second-order valence-electron chi connectivity index (χ2n) is 5.33. The topological polar surface area (TPSA) is 67.4 Å². The molecule has 2 N–H and O–H groups in total. The number of amides is 2. The van der Waals surface area contributed by atoms with Gasteiger partial charge in [0, 0.05) is 19.4 Å². The molecule has 20 heavy (non-hydrogen) atoms. The van der Waals surface area contributed by atoms with Gasteiger partial charge in [-0.2, -0.15) is 0 Å². The first-order valence-electron chi connectivity index (χ1n) is 6.89. The molecule has 0 fully saturated rings.